The van der Waals surface area contributed by atoms with E-state index < -0.39 is 12.8 Å². The highest BCUT2D eigenvalue weighted by atomic mass is 19.4. The van der Waals surface area contributed by atoms with E-state index in [1.54, 1.807) is 25.1 Å². The zero-order valence-corrected chi connectivity index (χ0v) is 9.93. The largest absolute Gasteiger partial charge is 0.411 e. The normalized spacial score (nSPS) is 13.6. The molecule has 0 saturated heterocycles. The van der Waals surface area contributed by atoms with Crippen LogP contribution >= 0.6 is 0 Å². The van der Waals surface area contributed by atoms with Gasteiger partial charge < -0.3 is 10.1 Å². The van der Waals surface area contributed by atoms with Gasteiger partial charge in [-0.25, -0.2) is 4.39 Å². The zero-order valence-electron chi connectivity index (χ0n) is 9.93. The molecule has 0 aliphatic heterocycles. The van der Waals surface area contributed by atoms with E-state index in [9.17, 15) is 17.6 Å². The molecule has 0 heterocycles. The lowest BCUT2D eigenvalue weighted by molar-refractivity contribution is -0.173. The summed E-state index contributed by atoms with van der Waals surface area (Å²) in [6.45, 7) is 0.634. The van der Waals surface area contributed by atoms with Gasteiger partial charge in [0.05, 0.1) is 6.61 Å². The fraction of sp³-hybridized carbons (Fsp3) is 0.500. The molecule has 0 amide bonds. The summed E-state index contributed by atoms with van der Waals surface area (Å²) in [7, 11) is 0. The SMILES string of the molecule is CC(NCCOCC(F)(F)F)c1ccccc1F. The lowest BCUT2D eigenvalue weighted by Gasteiger charge is -2.15. The molecular formula is C12H15F4NO. The summed E-state index contributed by atoms with van der Waals surface area (Å²) < 4.78 is 53.1. The number of nitrogens with one attached hydrogen (secondary N) is 1. The molecule has 1 aromatic carbocycles. The summed E-state index contributed by atoms with van der Waals surface area (Å²) >= 11 is 0. The average molecular weight is 265 g/mol. The Bertz CT molecular complexity index is 367. The van der Waals surface area contributed by atoms with Crippen molar-refractivity contribution in [3.8, 4) is 0 Å². The Labute approximate surface area is 103 Å². The lowest BCUT2D eigenvalue weighted by Crippen LogP contribution is -2.26. The highest BCUT2D eigenvalue weighted by Gasteiger charge is 2.27. The Balaban J connectivity index is 2.26. The van der Waals surface area contributed by atoms with E-state index in [-0.39, 0.29) is 25.0 Å². The van der Waals surface area contributed by atoms with Crippen LogP contribution in [-0.2, 0) is 4.74 Å². The van der Waals surface area contributed by atoms with Crippen molar-refractivity contribution < 1.29 is 22.3 Å². The minimum atomic E-state index is -4.31. The number of hydrogen-bond donors (Lipinski definition) is 1. The van der Waals surface area contributed by atoms with Gasteiger partial charge in [0.1, 0.15) is 12.4 Å². The van der Waals surface area contributed by atoms with E-state index in [4.69, 9.17) is 0 Å². The molecule has 0 radical (unpaired) electrons. The predicted molar refractivity (Wildman–Crippen MR) is 59.7 cm³/mol. The van der Waals surface area contributed by atoms with Crippen LogP contribution in [0.15, 0.2) is 24.3 Å². The van der Waals surface area contributed by atoms with Crippen LogP contribution in [0.2, 0.25) is 0 Å². The monoisotopic (exact) mass is 265 g/mol. The van der Waals surface area contributed by atoms with Crippen molar-refractivity contribution in [2.24, 2.45) is 0 Å². The molecule has 1 N–H and O–H groups in total. The highest BCUT2D eigenvalue weighted by Crippen LogP contribution is 2.16. The molecule has 0 aliphatic rings. The number of alkyl halides is 3. The van der Waals surface area contributed by atoms with E-state index >= 15 is 0 Å². The topological polar surface area (TPSA) is 21.3 Å². The molecule has 102 valence electrons. The molecule has 0 aromatic heterocycles. The van der Waals surface area contributed by atoms with Gasteiger partial charge in [-0.3, -0.25) is 0 Å². The van der Waals surface area contributed by atoms with Crippen molar-refractivity contribution in [1.82, 2.24) is 5.32 Å². The first-order chi connectivity index (χ1) is 8.40. The molecule has 1 unspecified atom stereocenters. The number of halogens is 4. The third kappa shape index (κ3) is 5.46. The van der Waals surface area contributed by atoms with E-state index in [2.05, 4.69) is 10.1 Å². The van der Waals surface area contributed by atoms with Crippen LogP contribution < -0.4 is 5.32 Å². The Morgan fingerprint density at radius 2 is 1.94 bits per heavy atom. The molecule has 1 rings (SSSR count). The van der Waals surface area contributed by atoms with Gasteiger partial charge in [-0.2, -0.15) is 13.2 Å². The van der Waals surface area contributed by atoms with Gasteiger partial charge in [0.25, 0.3) is 0 Å². The van der Waals surface area contributed by atoms with Crippen LogP contribution in [0.25, 0.3) is 0 Å². The standard InChI is InChI=1S/C12H15F4NO/c1-9(10-4-2-3-5-11(10)13)17-6-7-18-8-12(14,15)16/h2-5,9,17H,6-8H2,1H3. The second kappa shape index (κ2) is 6.70. The Kier molecular flexibility index (Phi) is 5.55. The molecule has 2 nitrogen and oxygen atoms in total. The maximum atomic E-state index is 13.4. The average Bonchev–Trinajstić information content (AvgIpc) is 2.27. The second-order valence-corrected chi connectivity index (χ2v) is 3.87. The van der Waals surface area contributed by atoms with Gasteiger partial charge in [0.15, 0.2) is 0 Å². The van der Waals surface area contributed by atoms with Crippen molar-refractivity contribution in [3.05, 3.63) is 35.6 Å². The first-order valence-corrected chi connectivity index (χ1v) is 5.52. The molecular weight excluding hydrogens is 250 g/mol. The second-order valence-electron chi connectivity index (χ2n) is 3.87. The summed E-state index contributed by atoms with van der Waals surface area (Å²) in [6, 6.07) is 5.98. The van der Waals surface area contributed by atoms with Crippen LogP contribution in [0.1, 0.15) is 18.5 Å². The molecule has 0 spiro atoms. The molecule has 0 aliphatic carbocycles. The molecule has 0 saturated carbocycles. The number of benzene rings is 1. The Morgan fingerprint density at radius 3 is 2.56 bits per heavy atom. The minimum Gasteiger partial charge on any atom is -0.371 e. The van der Waals surface area contributed by atoms with Crippen molar-refractivity contribution in [2.75, 3.05) is 19.8 Å². The third-order valence-corrected chi connectivity index (χ3v) is 2.33. The maximum Gasteiger partial charge on any atom is 0.411 e. The van der Waals surface area contributed by atoms with Crippen molar-refractivity contribution in [3.63, 3.8) is 0 Å². The fourth-order valence-electron chi connectivity index (χ4n) is 1.47. The highest BCUT2D eigenvalue weighted by molar-refractivity contribution is 5.20. The first kappa shape index (κ1) is 14.9. The van der Waals surface area contributed by atoms with E-state index in [0.29, 0.717) is 5.56 Å². The van der Waals surface area contributed by atoms with Crippen LogP contribution in [0, 0.1) is 5.82 Å². The van der Waals surface area contributed by atoms with Crippen molar-refractivity contribution >= 4 is 0 Å². The van der Waals surface area contributed by atoms with Crippen LogP contribution in [0.3, 0.4) is 0 Å². The molecule has 1 atom stereocenters. The van der Waals surface area contributed by atoms with Crippen molar-refractivity contribution in [1.29, 1.82) is 0 Å². The van der Waals surface area contributed by atoms with Gasteiger partial charge in [-0.05, 0) is 13.0 Å². The van der Waals surface area contributed by atoms with Gasteiger partial charge in [-0.15, -0.1) is 0 Å². The summed E-state index contributed by atoms with van der Waals surface area (Å²) in [6.07, 6.45) is -4.31. The molecule has 18 heavy (non-hydrogen) atoms. The zero-order chi connectivity index (χ0) is 13.6. The predicted octanol–water partition coefficient (Wildman–Crippen LogP) is 3.06. The van der Waals surface area contributed by atoms with Crippen molar-refractivity contribution in [2.45, 2.75) is 19.1 Å². The summed E-state index contributed by atoms with van der Waals surface area (Å²) in [5, 5.41) is 2.89. The quantitative estimate of drug-likeness (QED) is 0.630. The van der Waals surface area contributed by atoms with Crippen LogP contribution in [0.5, 0.6) is 0 Å². The van der Waals surface area contributed by atoms with E-state index in [1.807, 2.05) is 0 Å². The molecule has 6 heteroatoms. The molecule has 0 fully saturated rings. The van der Waals surface area contributed by atoms with E-state index in [0.717, 1.165) is 0 Å². The summed E-state index contributed by atoms with van der Waals surface area (Å²) in [5.41, 5.74) is 0.480. The number of hydrogen-bond acceptors (Lipinski definition) is 2. The maximum absolute atomic E-state index is 13.4. The summed E-state index contributed by atoms with van der Waals surface area (Å²) in [4.78, 5) is 0. The Morgan fingerprint density at radius 1 is 1.28 bits per heavy atom. The van der Waals surface area contributed by atoms with Crippen LogP contribution in [-0.4, -0.2) is 25.9 Å². The first-order valence-electron chi connectivity index (χ1n) is 5.52. The van der Waals surface area contributed by atoms with Gasteiger partial charge >= 0.3 is 6.18 Å². The van der Waals surface area contributed by atoms with Gasteiger partial charge in [0.2, 0.25) is 0 Å². The van der Waals surface area contributed by atoms with Gasteiger partial charge in [-0.1, -0.05) is 18.2 Å². The third-order valence-electron chi connectivity index (χ3n) is 2.33. The number of ether oxygens (including phenoxy) is 1. The smallest absolute Gasteiger partial charge is 0.371 e. The number of rotatable bonds is 6. The Hall–Kier alpha value is -1.14. The van der Waals surface area contributed by atoms with Crippen LogP contribution in [0.4, 0.5) is 17.6 Å². The fourth-order valence-corrected chi connectivity index (χ4v) is 1.47. The molecule has 0 bridgehead atoms. The summed E-state index contributed by atoms with van der Waals surface area (Å²) in [5.74, 6) is -0.339. The molecule has 1 aromatic rings. The van der Waals surface area contributed by atoms with E-state index in [1.165, 1.54) is 6.07 Å². The minimum absolute atomic E-state index is 0.0711. The van der Waals surface area contributed by atoms with Gasteiger partial charge in [0, 0.05) is 18.2 Å². The lowest BCUT2D eigenvalue weighted by atomic mass is 10.1.